The van der Waals surface area contributed by atoms with E-state index in [9.17, 15) is 9.59 Å². The number of carbonyl (C=O) groups is 2. The zero-order valence-electron chi connectivity index (χ0n) is 11.4. The summed E-state index contributed by atoms with van der Waals surface area (Å²) in [6, 6.07) is -1.16. The maximum absolute atomic E-state index is 11.9. The minimum Gasteiger partial charge on any atom is -0.480 e. The van der Waals surface area contributed by atoms with Gasteiger partial charge in [0.25, 0.3) is 0 Å². The summed E-state index contributed by atoms with van der Waals surface area (Å²) in [4.78, 5) is 24.4. The molecule has 0 saturated carbocycles. The van der Waals surface area contributed by atoms with Gasteiger partial charge in [0.15, 0.2) is 0 Å². The molecule has 0 unspecified atom stereocenters. The molecule has 0 aliphatic rings. The number of unbranched alkanes of at least 4 members (excludes halogenated alkanes) is 1. The fraction of sp³-hybridized carbons (Fsp3) is 0.833. The van der Waals surface area contributed by atoms with E-state index in [0.717, 1.165) is 12.8 Å². The van der Waals surface area contributed by atoms with Gasteiger partial charge in [-0.15, -0.1) is 0 Å². The number of ether oxygens (including phenoxy) is 1. The highest BCUT2D eigenvalue weighted by Gasteiger charge is 2.21. The van der Waals surface area contributed by atoms with Gasteiger partial charge < -0.3 is 20.1 Å². The fourth-order valence-electron chi connectivity index (χ4n) is 1.51. The van der Waals surface area contributed by atoms with Crippen LogP contribution in [0, 0.1) is 0 Å². The molecule has 0 radical (unpaired) electrons. The number of hydrogen-bond acceptors (Lipinski definition) is 3. The number of carboxylic acids is 1. The number of carbonyl (C=O) groups excluding carboxylic acids is 1. The van der Waals surface area contributed by atoms with Gasteiger partial charge in [0.1, 0.15) is 6.04 Å². The third kappa shape index (κ3) is 6.44. The standard InChI is InChI=1S/C12H24N2O4/c1-4-6-7-10(11(15)16)13-12(17)14(5-2)8-9-18-3/h10H,4-9H2,1-3H3,(H,13,17)(H,15,16)/t10-/m0/s1. The lowest BCUT2D eigenvalue weighted by Crippen LogP contribution is -2.48. The van der Waals surface area contributed by atoms with Crippen LogP contribution in [0.15, 0.2) is 0 Å². The summed E-state index contributed by atoms with van der Waals surface area (Å²) in [5, 5.41) is 11.6. The highest BCUT2D eigenvalue weighted by atomic mass is 16.5. The zero-order chi connectivity index (χ0) is 14.0. The Morgan fingerprint density at radius 2 is 2.06 bits per heavy atom. The highest BCUT2D eigenvalue weighted by molar-refractivity contribution is 5.82. The third-order valence-corrected chi connectivity index (χ3v) is 2.68. The number of nitrogens with one attached hydrogen (secondary N) is 1. The number of carboxylic acid groups (broad SMARTS) is 1. The van der Waals surface area contributed by atoms with Crippen molar-refractivity contribution in [3.8, 4) is 0 Å². The summed E-state index contributed by atoms with van der Waals surface area (Å²) in [6.07, 6.45) is 2.14. The Morgan fingerprint density at radius 1 is 1.39 bits per heavy atom. The van der Waals surface area contributed by atoms with Crippen LogP contribution in [0.2, 0.25) is 0 Å². The van der Waals surface area contributed by atoms with Gasteiger partial charge in [0, 0.05) is 20.2 Å². The zero-order valence-corrected chi connectivity index (χ0v) is 11.4. The number of aliphatic carboxylic acids is 1. The number of urea groups is 1. The van der Waals surface area contributed by atoms with Crippen molar-refractivity contribution in [3.05, 3.63) is 0 Å². The van der Waals surface area contributed by atoms with E-state index < -0.39 is 12.0 Å². The van der Waals surface area contributed by atoms with Crippen molar-refractivity contribution in [1.82, 2.24) is 10.2 Å². The Bertz CT molecular complexity index is 258. The van der Waals surface area contributed by atoms with Crippen molar-refractivity contribution in [2.75, 3.05) is 26.8 Å². The normalized spacial score (nSPS) is 11.9. The minimum atomic E-state index is -0.986. The molecule has 0 saturated heterocycles. The number of nitrogens with zero attached hydrogens (tertiary/aromatic N) is 1. The first kappa shape index (κ1) is 16.7. The molecule has 0 aromatic carbocycles. The molecule has 0 spiro atoms. The van der Waals surface area contributed by atoms with Crippen LogP contribution in [0.1, 0.15) is 33.1 Å². The van der Waals surface area contributed by atoms with Crippen LogP contribution in [-0.4, -0.2) is 54.9 Å². The molecule has 0 aromatic heterocycles. The Morgan fingerprint density at radius 3 is 2.50 bits per heavy atom. The average molecular weight is 260 g/mol. The van der Waals surface area contributed by atoms with Gasteiger partial charge in [0.2, 0.25) is 0 Å². The molecule has 1 atom stereocenters. The SMILES string of the molecule is CCCC[C@H](NC(=O)N(CC)CCOC)C(=O)O. The molecule has 0 aliphatic heterocycles. The smallest absolute Gasteiger partial charge is 0.326 e. The number of hydrogen-bond donors (Lipinski definition) is 2. The first-order valence-electron chi connectivity index (χ1n) is 6.33. The number of amides is 2. The summed E-state index contributed by atoms with van der Waals surface area (Å²) in [5.74, 6) is -0.986. The molecular weight excluding hydrogens is 236 g/mol. The van der Waals surface area contributed by atoms with Crippen LogP contribution in [0.5, 0.6) is 0 Å². The van der Waals surface area contributed by atoms with Crippen LogP contribution in [0.25, 0.3) is 0 Å². The van der Waals surface area contributed by atoms with Gasteiger partial charge in [0.05, 0.1) is 6.61 Å². The van der Waals surface area contributed by atoms with Crippen molar-refractivity contribution < 1.29 is 19.4 Å². The summed E-state index contributed by atoms with van der Waals surface area (Å²) in [6.45, 7) is 5.25. The van der Waals surface area contributed by atoms with Gasteiger partial charge in [-0.25, -0.2) is 9.59 Å². The molecule has 0 heterocycles. The molecule has 6 heteroatoms. The van der Waals surface area contributed by atoms with Crippen LogP contribution < -0.4 is 5.32 Å². The number of likely N-dealkylation sites (N-methyl/N-ethyl adjacent to an activating group) is 1. The fourth-order valence-corrected chi connectivity index (χ4v) is 1.51. The Hall–Kier alpha value is -1.30. The van der Waals surface area contributed by atoms with E-state index >= 15 is 0 Å². The molecule has 0 bridgehead atoms. The molecule has 0 aromatic rings. The van der Waals surface area contributed by atoms with Crippen LogP contribution in [-0.2, 0) is 9.53 Å². The van der Waals surface area contributed by atoms with Crippen LogP contribution in [0.3, 0.4) is 0 Å². The lowest BCUT2D eigenvalue weighted by Gasteiger charge is -2.23. The molecule has 18 heavy (non-hydrogen) atoms. The monoisotopic (exact) mass is 260 g/mol. The molecule has 0 fully saturated rings. The van der Waals surface area contributed by atoms with E-state index in [0.29, 0.717) is 26.1 Å². The third-order valence-electron chi connectivity index (χ3n) is 2.68. The van der Waals surface area contributed by atoms with E-state index in [1.54, 1.807) is 7.11 Å². The van der Waals surface area contributed by atoms with Crippen molar-refractivity contribution in [3.63, 3.8) is 0 Å². The predicted molar refractivity (Wildman–Crippen MR) is 68.6 cm³/mol. The maximum atomic E-state index is 11.9. The summed E-state index contributed by atoms with van der Waals surface area (Å²) < 4.78 is 4.90. The second-order valence-electron chi connectivity index (χ2n) is 4.06. The van der Waals surface area contributed by atoms with E-state index in [1.165, 1.54) is 4.90 Å². The molecule has 106 valence electrons. The Kier molecular flexibility index (Phi) is 9.00. The van der Waals surface area contributed by atoms with Gasteiger partial charge >= 0.3 is 12.0 Å². The average Bonchev–Trinajstić information content (AvgIpc) is 2.34. The van der Waals surface area contributed by atoms with Crippen LogP contribution in [0.4, 0.5) is 4.79 Å². The Balaban J connectivity index is 4.32. The van der Waals surface area contributed by atoms with E-state index in [4.69, 9.17) is 9.84 Å². The van der Waals surface area contributed by atoms with Gasteiger partial charge in [-0.2, -0.15) is 0 Å². The van der Waals surface area contributed by atoms with E-state index in [2.05, 4.69) is 5.32 Å². The summed E-state index contributed by atoms with van der Waals surface area (Å²) in [5.41, 5.74) is 0. The molecular formula is C12H24N2O4. The van der Waals surface area contributed by atoms with Crippen molar-refractivity contribution in [2.24, 2.45) is 0 Å². The lowest BCUT2D eigenvalue weighted by atomic mass is 10.1. The molecule has 2 amide bonds. The first-order valence-corrected chi connectivity index (χ1v) is 6.33. The minimum absolute atomic E-state index is 0.349. The second kappa shape index (κ2) is 9.70. The van der Waals surface area contributed by atoms with Crippen molar-refractivity contribution in [1.29, 1.82) is 0 Å². The predicted octanol–water partition coefficient (Wildman–Crippen LogP) is 1.31. The van der Waals surface area contributed by atoms with Crippen molar-refractivity contribution in [2.45, 2.75) is 39.2 Å². The number of rotatable bonds is 9. The molecule has 0 aliphatic carbocycles. The van der Waals surface area contributed by atoms with E-state index in [1.807, 2.05) is 13.8 Å². The highest BCUT2D eigenvalue weighted by Crippen LogP contribution is 2.02. The molecule has 0 rings (SSSR count). The Labute approximate surface area is 108 Å². The van der Waals surface area contributed by atoms with Crippen molar-refractivity contribution >= 4 is 12.0 Å². The quantitative estimate of drug-likeness (QED) is 0.655. The van der Waals surface area contributed by atoms with Gasteiger partial charge in [-0.05, 0) is 13.3 Å². The number of methoxy groups -OCH3 is 1. The van der Waals surface area contributed by atoms with E-state index in [-0.39, 0.29) is 6.03 Å². The second-order valence-corrected chi connectivity index (χ2v) is 4.06. The van der Waals surface area contributed by atoms with Gasteiger partial charge in [-0.1, -0.05) is 19.8 Å². The summed E-state index contributed by atoms with van der Waals surface area (Å²) >= 11 is 0. The summed E-state index contributed by atoms with van der Waals surface area (Å²) in [7, 11) is 1.56. The first-order chi connectivity index (χ1) is 8.56. The van der Waals surface area contributed by atoms with Crippen LogP contribution >= 0.6 is 0 Å². The van der Waals surface area contributed by atoms with Gasteiger partial charge in [-0.3, -0.25) is 0 Å². The topological polar surface area (TPSA) is 78.9 Å². The molecule has 6 nitrogen and oxygen atoms in total. The largest absolute Gasteiger partial charge is 0.480 e. The molecule has 2 N–H and O–H groups in total. The lowest BCUT2D eigenvalue weighted by molar-refractivity contribution is -0.139. The maximum Gasteiger partial charge on any atom is 0.326 e.